The molecule has 2 aromatic rings. The van der Waals surface area contributed by atoms with Gasteiger partial charge in [-0.25, -0.2) is 4.98 Å². The number of hydrogen-bond acceptors (Lipinski definition) is 4. The van der Waals surface area contributed by atoms with Crippen LogP contribution >= 0.6 is 0 Å². The number of ether oxygens (including phenoxy) is 1. The molecule has 0 aliphatic carbocycles. The third-order valence-corrected chi connectivity index (χ3v) is 2.29. The molecule has 0 saturated heterocycles. The summed E-state index contributed by atoms with van der Waals surface area (Å²) in [6, 6.07) is 7.49. The van der Waals surface area contributed by atoms with Crippen LogP contribution in [-0.2, 0) is 6.54 Å². The number of amides is 1. The molecule has 2 rings (SSSR count). The van der Waals surface area contributed by atoms with E-state index in [4.69, 9.17) is 9.15 Å². The zero-order chi connectivity index (χ0) is 12.1. The second-order valence-corrected chi connectivity index (χ2v) is 3.36. The summed E-state index contributed by atoms with van der Waals surface area (Å²) in [5.74, 6) is 0.638. The molecule has 0 aliphatic heterocycles. The molecule has 0 fully saturated rings. The number of carbonyl (C=O) groups is 1. The van der Waals surface area contributed by atoms with Crippen molar-refractivity contribution in [2.24, 2.45) is 0 Å². The van der Waals surface area contributed by atoms with Crippen LogP contribution < -0.4 is 10.1 Å². The number of benzene rings is 1. The molecule has 1 N–H and O–H groups in total. The standard InChI is InChI=1S/C12H12N2O3/c1-16-10-5-3-2-4-9(10)6-14-12(15)11-7-13-8-17-11/h2-5,7-8H,6H2,1H3,(H,14,15). The highest BCUT2D eigenvalue weighted by atomic mass is 16.5. The lowest BCUT2D eigenvalue weighted by molar-refractivity contribution is 0.0923. The van der Waals surface area contributed by atoms with Gasteiger partial charge in [-0.15, -0.1) is 0 Å². The molecule has 88 valence electrons. The van der Waals surface area contributed by atoms with E-state index in [1.807, 2.05) is 24.3 Å². The molecule has 1 heterocycles. The zero-order valence-electron chi connectivity index (χ0n) is 9.34. The predicted octanol–water partition coefficient (Wildman–Crippen LogP) is 1.61. The number of nitrogens with one attached hydrogen (secondary N) is 1. The van der Waals surface area contributed by atoms with Gasteiger partial charge < -0.3 is 14.5 Å². The SMILES string of the molecule is COc1ccccc1CNC(=O)c1cnco1. The lowest BCUT2D eigenvalue weighted by Crippen LogP contribution is -2.22. The van der Waals surface area contributed by atoms with Crippen molar-refractivity contribution in [2.75, 3.05) is 7.11 Å². The average molecular weight is 232 g/mol. The summed E-state index contributed by atoms with van der Waals surface area (Å²) in [5, 5.41) is 2.72. The van der Waals surface area contributed by atoms with Gasteiger partial charge in [0.25, 0.3) is 5.91 Å². The summed E-state index contributed by atoms with van der Waals surface area (Å²) in [5.41, 5.74) is 0.905. The Labute approximate surface area is 98.4 Å². The van der Waals surface area contributed by atoms with Crippen LogP contribution in [0, 0.1) is 0 Å². The number of methoxy groups -OCH3 is 1. The Kier molecular flexibility index (Phi) is 3.40. The van der Waals surface area contributed by atoms with Gasteiger partial charge in [-0.1, -0.05) is 18.2 Å². The van der Waals surface area contributed by atoms with Crippen LogP contribution in [-0.4, -0.2) is 18.0 Å². The van der Waals surface area contributed by atoms with Crippen molar-refractivity contribution in [1.82, 2.24) is 10.3 Å². The largest absolute Gasteiger partial charge is 0.496 e. The molecule has 0 atom stereocenters. The first-order valence-corrected chi connectivity index (χ1v) is 5.10. The first-order chi connectivity index (χ1) is 8.31. The molecular formula is C12H12N2O3. The van der Waals surface area contributed by atoms with E-state index < -0.39 is 0 Å². The van der Waals surface area contributed by atoms with Crippen molar-refractivity contribution in [3.8, 4) is 5.75 Å². The second kappa shape index (κ2) is 5.16. The summed E-state index contributed by atoms with van der Waals surface area (Å²) in [7, 11) is 1.59. The predicted molar refractivity (Wildman–Crippen MR) is 60.7 cm³/mol. The van der Waals surface area contributed by atoms with Crippen LogP contribution in [0.4, 0.5) is 0 Å². The van der Waals surface area contributed by atoms with Crippen LogP contribution in [0.25, 0.3) is 0 Å². The Morgan fingerprint density at radius 1 is 1.47 bits per heavy atom. The third-order valence-electron chi connectivity index (χ3n) is 2.29. The van der Waals surface area contributed by atoms with E-state index in [9.17, 15) is 4.79 Å². The second-order valence-electron chi connectivity index (χ2n) is 3.36. The minimum Gasteiger partial charge on any atom is -0.496 e. The molecule has 1 aromatic heterocycles. The normalized spacial score (nSPS) is 9.94. The molecule has 0 saturated carbocycles. The first kappa shape index (κ1) is 11.2. The Hall–Kier alpha value is -2.30. The summed E-state index contributed by atoms with van der Waals surface area (Å²) >= 11 is 0. The first-order valence-electron chi connectivity index (χ1n) is 5.10. The Balaban J connectivity index is 2.00. The number of oxazole rings is 1. The van der Waals surface area contributed by atoms with Crippen LogP contribution in [0.3, 0.4) is 0 Å². The van der Waals surface area contributed by atoms with Crippen molar-refractivity contribution in [2.45, 2.75) is 6.54 Å². The van der Waals surface area contributed by atoms with E-state index >= 15 is 0 Å². The van der Waals surface area contributed by atoms with E-state index in [0.29, 0.717) is 6.54 Å². The van der Waals surface area contributed by atoms with E-state index in [1.54, 1.807) is 7.11 Å². The number of carbonyl (C=O) groups excluding carboxylic acids is 1. The number of nitrogens with zero attached hydrogens (tertiary/aromatic N) is 1. The Bertz CT molecular complexity index is 494. The monoisotopic (exact) mass is 232 g/mol. The summed E-state index contributed by atoms with van der Waals surface area (Å²) in [4.78, 5) is 15.3. The zero-order valence-corrected chi connectivity index (χ0v) is 9.34. The Morgan fingerprint density at radius 3 is 3.00 bits per heavy atom. The van der Waals surface area contributed by atoms with Crippen molar-refractivity contribution in [3.63, 3.8) is 0 Å². The van der Waals surface area contributed by atoms with E-state index in [1.165, 1.54) is 12.6 Å². The van der Waals surface area contributed by atoms with Gasteiger partial charge in [0.1, 0.15) is 5.75 Å². The maximum atomic E-state index is 11.6. The highest BCUT2D eigenvalue weighted by molar-refractivity contribution is 5.90. The van der Waals surface area contributed by atoms with Crippen LogP contribution in [0.1, 0.15) is 16.1 Å². The summed E-state index contributed by atoms with van der Waals surface area (Å²) in [6.45, 7) is 0.379. The van der Waals surface area contributed by atoms with E-state index in [2.05, 4.69) is 10.3 Å². The lowest BCUT2D eigenvalue weighted by atomic mass is 10.2. The van der Waals surface area contributed by atoms with Crippen molar-refractivity contribution in [1.29, 1.82) is 0 Å². The summed E-state index contributed by atoms with van der Waals surface area (Å²) < 4.78 is 10.1. The molecule has 0 aliphatic rings. The highest BCUT2D eigenvalue weighted by Crippen LogP contribution is 2.16. The fourth-order valence-electron chi connectivity index (χ4n) is 1.44. The molecule has 0 radical (unpaired) electrons. The topological polar surface area (TPSA) is 64.4 Å². The highest BCUT2D eigenvalue weighted by Gasteiger charge is 2.09. The van der Waals surface area contributed by atoms with Crippen molar-refractivity contribution < 1.29 is 13.9 Å². The molecule has 5 heteroatoms. The quantitative estimate of drug-likeness (QED) is 0.869. The van der Waals surface area contributed by atoms with Gasteiger partial charge in [-0.05, 0) is 6.07 Å². The lowest BCUT2D eigenvalue weighted by Gasteiger charge is -2.08. The maximum Gasteiger partial charge on any atom is 0.288 e. The summed E-state index contributed by atoms with van der Waals surface area (Å²) in [6.07, 6.45) is 2.59. The molecular weight excluding hydrogens is 220 g/mol. The Morgan fingerprint density at radius 2 is 2.29 bits per heavy atom. The van der Waals surface area contributed by atoms with Gasteiger partial charge in [0.05, 0.1) is 13.3 Å². The molecule has 1 amide bonds. The van der Waals surface area contributed by atoms with Gasteiger partial charge >= 0.3 is 0 Å². The van der Waals surface area contributed by atoms with E-state index in [0.717, 1.165) is 11.3 Å². The van der Waals surface area contributed by atoms with Crippen LogP contribution in [0.5, 0.6) is 5.75 Å². The van der Waals surface area contributed by atoms with Crippen molar-refractivity contribution >= 4 is 5.91 Å². The smallest absolute Gasteiger partial charge is 0.288 e. The maximum absolute atomic E-state index is 11.6. The van der Waals surface area contributed by atoms with Crippen LogP contribution in [0.2, 0.25) is 0 Å². The fraction of sp³-hybridized carbons (Fsp3) is 0.167. The van der Waals surface area contributed by atoms with Gasteiger partial charge in [0, 0.05) is 12.1 Å². The van der Waals surface area contributed by atoms with Crippen LogP contribution in [0.15, 0.2) is 41.3 Å². The molecule has 5 nitrogen and oxygen atoms in total. The number of hydrogen-bond donors (Lipinski definition) is 1. The minimum atomic E-state index is -0.298. The molecule has 17 heavy (non-hydrogen) atoms. The molecule has 0 unspecified atom stereocenters. The van der Waals surface area contributed by atoms with Gasteiger partial charge in [0.15, 0.2) is 6.39 Å². The average Bonchev–Trinajstić information content (AvgIpc) is 2.90. The van der Waals surface area contributed by atoms with Gasteiger partial charge in [-0.2, -0.15) is 0 Å². The molecule has 0 spiro atoms. The third kappa shape index (κ3) is 2.63. The fourth-order valence-corrected chi connectivity index (χ4v) is 1.44. The molecule has 1 aromatic carbocycles. The number of rotatable bonds is 4. The minimum absolute atomic E-state index is 0.194. The number of aromatic nitrogens is 1. The van der Waals surface area contributed by atoms with E-state index in [-0.39, 0.29) is 11.7 Å². The number of para-hydroxylation sites is 1. The van der Waals surface area contributed by atoms with Gasteiger partial charge in [0.2, 0.25) is 5.76 Å². The van der Waals surface area contributed by atoms with Gasteiger partial charge in [-0.3, -0.25) is 4.79 Å². The van der Waals surface area contributed by atoms with Crippen molar-refractivity contribution in [3.05, 3.63) is 48.2 Å². The molecule has 0 bridgehead atoms.